The van der Waals surface area contributed by atoms with Gasteiger partial charge in [0, 0.05) is 11.4 Å². The van der Waals surface area contributed by atoms with Gasteiger partial charge in [-0.25, -0.2) is 8.42 Å². The molecule has 1 aliphatic heterocycles. The fourth-order valence-electron chi connectivity index (χ4n) is 4.37. The molecule has 1 amide bonds. The van der Waals surface area contributed by atoms with Crippen LogP contribution in [0.25, 0.3) is 0 Å². The van der Waals surface area contributed by atoms with Crippen LogP contribution in [-0.2, 0) is 34.3 Å². The molecule has 2 aromatic carbocycles. The molecular weight excluding hydrogens is 440 g/mol. The minimum Gasteiger partial charge on any atom is -0.350 e. The van der Waals surface area contributed by atoms with Gasteiger partial charge in [0.25, 0.3) is 0 Å². The number of aryl methyl sites for hydroxylation is 2. The number of carbonyl (C=O) groups is 1. The first-order valence-electron chi connectivity index (χ1n) is 10.7. The standard InChI is InChI=1S/C25H28N2O3S2/c1-16-12-17(2)19(4)24(18(16)3)32(29,30)27-15-21-9-6-5-8-20(21)13-23(27)25(28)26-14-22-10-7-11-31-22/h5-12,23H,13-15H2,1-4H3,(H,26,28). The highest BCUT2D eigenvalue weighted by Crippen LogP contribution is 2.34. The predicted octanol–water partition coefficient (Wildman–Crippen LogP) is 4.41. The van der Waals surface area contributed by atoms with Crippen molar-refractivity contribution < 1.29 is 13.2 Å². The summed E-state index contributed by atoms with van der Waals surface area (Å²) in [6.07, 6.45) is 0.356. The summed E-state index contributed by atoms with van der Waals surface area (Å²) in [7, 11) is -3.90. The van der Waals surface area contributed by atoms with Gasteiger partial charge in [-0.1, -0.05) is 36.4 Å². The largest absolute Gasteiger partial charge is 0.350 e. The molecule has 1 atom stereocenters. The molecule has 1 N–H and O–H groups in total. The van der Waals surface area contributed by atoms with Gasteiger partial charge < -0.3 is 5.32 Å². The van der Waals surface area contributed by atoms with Gasteiger partial charge in [-0.05, 0) is 78.9 Å². The monoisotopic (exact) mass is 468 g/mol. The zero-order valence-corrected chi connectivity index (χ0v) is 20.4. The summed E-state index contributed by atoms with van der Waals surface area (Å²) >= 11 is 1.56. The van der Waals surface area contributed by atoms with Crippen LogP contribution in [0.3, 0.4) is 0 Å². The highest BCUT2D eigenvalue weighted by atomic mass is 32.2. The number of fused-ring (bicyclic) bond motifs is 1. The molecule has 0 saturated carbocycles. The number of carbonyl (C=O) groups excluding carboxylic acids is 1. The van der Waals surface area contributed by atoms with Gasteiger partial charge in [0.05, 0.1) is 11.4 Å². The molecule has 1 aliphatic rings. The van der Waals surface area contributed by atoms with Crippen LogP contribution in [0.5, 0.6) is 0 Å². The van der Waals surface area contributed by atoms with Crippen LogP contribution >= 0.6 is 11.3 Å². The molecule has 168 valence electrons. The summed E-state index contributed by atoms with van der Waals surface area (Å²) in [6, 6.07) is 12.9. The molecule has 1 unspecified atom stereocenters. The summed E-state index contributed by atoms with van der Waals surface area (Å²) in [5.74, 6) is -0.267. The van der Waals surface area contributed by atoms with Crippen molar-refractivity contribution in [2.45, 2.75) is 58.1 Å². The Morgan fingerprint density at radius 2 is 1.69 bits per heavy atom. The molecule has 0 fully saturated rings. The smallest absolute Gasteiger partial charge is 0.244 e. The zero-order valence-electron chi connectivity index (χ0n) is 18.8. The average molecular weight is 469 g/mol. The first-order chi connectivity index (χ1) is 15.2. The maximum Gasteiger partial charge on any atom is 0.244 e. The molecule has 1 aromatic heterocycles. The second kappa shape index (κ2) is 8.81. The van der Waals surface area contributed by atoms with Gasteiger partial charge in [0.1, 0.15) is 6.04 Å². The topological polar surface area (TPSA) is 66.5 Å². The highest BCUT2D eigenvalue weighted by Gasteiger charge is 2.41. The van der Waals surface area contributed by atoms with Crippen molar-refractivity contribution in [1.82, 2.24) is 9.62 Å². The van der Waals surface area contributed by atoms with Crippen molar-refractivity contribution in [3.8, 4) is 0 Å². The van der Waals surface area contributed by atoms with Crippen molar-refractivity contribution >= 4 is 27.3 Å². The van der Waals surface area contributed by atoms with E-state index in [1.54, 1.807) is 11.3 Å². The van der Waals surface area contributed by atoms with E-state index in [9.17, 15) is 13.2 Å². The quantitative estimate of drug-likeness (QED) is 0.603. The number of amides is 1. The Kier molecular flexibility index (Phi) is 6.25. The predicted molar refractivity (Wildman–Crippen MR) is 128 cm³/mol. The molecule has 5 nitrogen and oxygen atoms in total. The van der Waals surface area contributed by atoms with E-state index in [4.69, 9.17) is 0 Å². The van der Waals surface area contributed by atoms with Crippen molar-refractivity contribution in [3.63, 3.8) is 0 Å². The molecule has 0 spiro atoms. The number of nitrogens with zero attached hydrogens (tertiary/aromatic N) is 1. The normalized spacial score (nSPS) is 16.6. The van der Waals surface area contributed by atoms with Gasteiger partial charge in [-0.3, -0.25) is 4.79 Å². The number of hydrogen-bond donors (Lipinski definition) is 1. The number of hydrogen-bond acceptors (Lipinski definition) is 4. The molecule has 2 heterocycles. The van der Waals surface area contributed by atoms with Gasteiger partial charge in [0.2, 0.25) is 15.9 Å². The van der Waals surface area contributed by atoms with Crippen LogP contribution in [0, 0.1) is 27.7 Å². The molecule has 0 bridgehead atoms. The lowest BCUT2D eigenvalue weighted by Crippen LogP contribution is -2.52. The van der Waals surface area contributed by atoms with Crippen molar-refractivity contribution in [2.75, 3.05) is 0 Å². The van der Waals surface area contributed by atoms with Crippen molar-refractivity contribution in [1.29, 1.82) is 0 Å². The lowest BCUT2D eigenvalue weighted by Gasteiger charge is -2.36. The van der Waals surface area contributed by atoms with Crippen molar-refractivity contribution in [2.24, 2.45) is 0 Å². The van der Waals surface area contributed by atoms with Gasteiger partial charge in [-0.2, -0.15) is 4.31 Å². The van der Waals surface area contributed by atoms with Crippen LogP contribution in [0.2, 0.25) is 0 Å². The Hall–Kier alpha value is -2.48. The maximum atomic E-state index is 14.0. The van der Waals surface area contributed by atoms with Gasteiger partial charge in [-0.15, -0.1) is 11.3 Å². The van der Waals surface area contributed by atoms with E-state index in [1.165, 1.54) is 4.31 Å². The minimum atomic E-state index is -3.90. The Labute approximate surface area is 194 Å². The van der Waals surface area contributed by atoms with Crippen molar-refractivity contribution in [3.05, 3.63) is 86.1 Å². The van der Waals surface area contributed by atoms with E-state index in [-0.39, 0.29) is 12.5 Å². The van der Waals surface area contributed by atoms with Crippen LogP contribution in [0.1, 0.15) is 38.3 Å². The zero-order chi connectivity index (χ0) is 23.0. The third-order valence-electron chi connectivity index (χ3n) is 6.39. The highest BCUT2D eigenvalue weighted by molar-refractivity contribution is 7.89. The van der Waals surface area contributed by atoms with Crippen LogP contribution in [0.15, 0.2) is 52.7 Å². The summed E-state index contributed by atoms with van der Waals surface area (Å²) in [6.45, 7) is 8.12. The summed E-state index contributed by atoms with van der Waals surface area (Å²) < 4.78 is 29.5. The SMILES string of the molecule is Cc1cc(C)c(C)c(S(=O)(=O)N2Cc3ccccc3CC2C(=O)NCc2cccs2)c1C. The lowest BCUT2D eigenvalue weighted by molar-refractivity contribution is -0.125. The fourth-order valence-corrected chi connectivity index (χ4v) is 7.15. The third kappa shape index (κ3) is 4.12. The molecule has 3 aromatic rings. The Morgan fingerprint density at radius 1 is 1.03 bits per heavy atom. The van der Waals surface area contributed by atoms with Crippen LogP contribution in [-0.4, -0.2) is 24.7 Å². The second-order valence-electron chi connectivity index (χ2n) is 8.43. The van der Waals surface area contributed by atoms with E-state index in [2.05, 4.69) is 5.32 Å². The van der Waals surface area contributed by atoms with E-state index >= 15 is 0 Å². The minimum absolute atomic E-state index is 0.182. The number of thiophene rings is 1. The Morgan fingerprint density at radius 3 is 2.31 bits per heavy atom. The average Bonchev–Trinajstić information content (AvgIpc) is 3.29. The second-order valence-corrected chi connectivity index (χ2v) is 11.3. The third-order valence-corrected chi connectivity index (χ3v) is 9.39. The Balaban J connectivity index is 1.76. The molecule has 4 rings (SSSR count). The molecule has 32 heavy (non-hydrogen) atoms. The van der Waals surface area contributed by atoms with E-state index in [1.807, 2.05) is 75.5 Å². The first kappa shape index (κ1) is 22.7. The molecule has 0 radical (unpaired) electrons. The van der Waals surface area contributed by atoms with Gasteiger partial charge in [0.15, 0.2) is 0 Å². The molecular formula is C25H28N2O3S2. The number of rotatable bonds is 5. The fraction of sp³-hybridized carbons (Fsp3) is 0.320. The summed E-state index contributed by atoms with van der Waals surface area (Å²) in [5, 5.41) is 4.92. The van der Waals surface area contributed by atoms with Crippen LogP contribution in [0.4, 0.5) is 0 Å². The molecule has 7 heteroatoms. The summed E-state index contributed by atoms with van der Waals surface area (Å²) in [5.41, 5.74) is 5.31. The molecule has 0 saturated heterocycles. The first-order valence-corrected chi connectivity index (χ1v) is 13.0. The molecule has 0 aliphatic carbocycles. The maximum absolute atomic E-state index is 14.0. The number of sulfonamides is 1. The van der Waals surface area contributed by atoms with Crippen LogP contribution < -0.4 is 5.32 Å². The van der Waals surface area contributed by atoms with E-state index in [0.29, 0.717) is 17.9 Å². The van der Waals surface area contributed by atoms with E-state index in [0.717, 1.165) is 38.3 Å². The Bertz CT molecular complexity index is 1240. The van der Waals surface area contributed by atoms with Gasteiger partial charge >= 0.3 is 0 Å². The number of benzene rings is 2. The lowest BCUT2D eigenvalue weighted by atomic mass is 9.95. The summed E-state index contributed by atoms with van der Waals surface area (Å²) in [4.78, 5) is 14.6. The number of nitrogens with one attached hydrogen (secondary N) is 1. The van der Waals surface area contributed by atoms with E-state index < -0.39 is 16.1 Å².